The number of nitro groups is 1. The zero-order valence-electron chi connectivity index (χ0n) is 12.0. The zero-order chi connectivity index (χ0) is 15.6. The minimum Gasteiger partial charge on any atom is -0.439 e. The highest BCUT2D eigenvalue weighted by molar-refractivity contribution is 5.40. The van der Waals surface area contributed by atoms with Gasteiger partial charge in [0, 0.05) is 23.6 Å². The Morgan fingerprint density at radius 3 is 2.33 bits per heavy atom. The van der Waals surface area contributed by atoms with E-state index in [9.17, 15) is 10.1 Å². The highest BCUT2D eigenvalue weighted by Gasteiger charge is 2.19. The first kappa shape index (κ1) is 14.7. The van der Waals surface area contributed by atoms with Crippen molar-refractivity contribution >= 4 is 11.5 Å². The topological polar surface area (TPSA) is 104 Å². The number of anilines is 1. The minimum absolute atomic E-state index is 0.0000630. The molecule has 0 aliphatic rings. The van der Waals surface area contributed by atoms with Crippen LogP contribution in [0, 0.1) is 10.1 Å². The van der Waals surface area contributed by atoms with Gasteiger partial charge in [-0.25, -0.2) is 4.98 Å². The van der Waals surface area contributed by atoms with E-state index in [0.717, 1.165) is 0 Å². The summed E-state index contributed by atoms with van der Waals surface area (Å²) in [4.78, 5) is 18.6. The molecule has 0 bridgehead atoms. The molecule has 7 nitrogen and oxygen atoms in total. The Balaban J connectivity index is 2.27. The van der Waals surface area contributed by atoms with Gasteiger partial charge in [-0.2, -0.15) is 4.98 Å². The van der Waals surface area contributed by atoms with Crippen molar-refractivity contribution in [1.29, 1.82) is 0 Å². The van der Waals surface area contributed by atoms with Crippen LogP contribution in [0.1, 0.15) is 26.6 Å². The summed E-state index contributed by atoms with van der Waals surface area (Å²) in [6, 6.07) is 7.26. The lowest BCUT2D eigenvalue weighted by Gasteiger charge is -2.17. The molecule has 2 aromatic rings. The lowest BCUT2D eigenvalue weighted by Crippen LogP contribution is -2.17. The molecule has 0 aliphatic carbocycles. The standard InChI is InChI=1S/C14H16N4O3/c1-14(2,3)13-16-11(15)8-12(17-13)21-10-6-4-9(5-7-10)18(19)20/h4-8H,1-3H3,(H2,15,16,17). The lowest BCUT2D eigenvalue weighted by molar-refractivity contribution is -0.384. The second-order valence-corrected chi connectivity index (χ2v) is 5.56. The van der Waals surface area contributed by atoms with Crippen LogP contribution in [0.4, 0.5) is 11.5 Å². The summed E-state index contributed by atoms with van der Waals surface area (Å²) in [7, 11) is 0. The van der Waals surface area contributed by atoms with Gasteiger partial charge in [-0.15, -0.1) is 0 Å². The van der Waals surface area contributed by atoms with Crippen molar-refractivity contribution in [3.8, 4) is 11.6 Å². The number of hydrogen-bond donors (Lipinski definition) is 1. The van der Waals surface area contributed by atoms with Gasteiger partial charge < -0.3 is 10.5 Å². The summed E-state index contributed by atoms with van der Waals surface area (Å²) in [5, 5.41) is 10.6. The van der Waals surface area contributed by atoms with Crippen LogP contribution in [-0.2, 0) is 5.41 Å². The van der Waals surface area contributed by atoms with Crippen molar-refractivity contribution in [3.63, 3.8) is 0 Å². The number of non-ortho nitro benzene ring substituents is 1. The molecule has 0 spiro atoms. The number of nitrogens with zero attached hydrogens (tertiary/aromatic N) is 3. The second kappa shape index (κ2) is 5.35. The van der Waals surface area contributed by atoms with Crippen LogP contribution in [0.5, 0.6) is 11.6 Å². The normalized spacial score (nSPS) is 11.2. The Kier molecular flexibility index (Phi) is 3.75. The minimum atomic E-state index is -0.468. The third kappa shape index (κ3) is 3.65. The predicted octanol–water partition coefficient (Wildman–Crippen LogP) is 3.06. The van der Waals surface area contributed by atoms with Gasteiger partial charge in [0.05, 0.1) is 4.92 Å². The molecule has 1 heterocycles. The first-order valence-electron chi connectivity index (χ1n) is 6.33. The summed E-state index contributed by atoms with van der Waals surface area (Å²) in [6.45, 7) is 5.91. The molecule has 0 saturated carbocycles. The maximum Gasteiger partial charge on any atom is 0.269 e. The molecule has 0 saturated heterocycles. The fourth-order valence-electron chi connectivity index (χ4n) is 1.59. The van der Waals surface area contributed by atoms with Crippen molar-refractivity contribution in [2.75, 3.05) is 5.73 Å². The number of hydrogen-bond acceptors (Lipinski definition) is 6. The van der Waals surface area contributed by atoms with E-state index < -0.39 is 4.92 Å². The van der Waals surface area contributed by atoms with E-state index >= 15 is 0 Å². The molecule has 7 heteroatoms. The average molecular weight is 288 g/mol. The first-order chi connectivity index (χ1) is 9.75. The van der Waals surface area contributed by atoms with Crippen LogP contribution < -0.4 is 10.5 Å². The summed E-state index contributed by atoms with van der Waals surface area (Å²) in [6.07, 6.45) is 0. The third-order valence-electron chi connectivity index (χ3n) is 2.66. The van der Waals surface area contributed by atoms with Crippen LogP contribution in [0.3, 0.4) is 0 Å². The number of nitrogen functional groups attached to an aromatic ring is 1. The Labute approximate surface area is 121 Å². The van der Waals surface area contributed by atoms with E-state index in [1.807, 2.05) is 20.8 Å². The van der Waals surface area contributed by atoms with Gasteiger partial charge in [-0.05, 0) is 12.1 Å². The fourth-order valence-corrected chi connectivity index (χ4v) is 1.59. The van der Waals surface area contributed by atoms with Gasteiger partial charge >= 0.3 is 0 Å². The van der Waals surface area contributed by atoms with E-state index in [0.29, 0.717) is 23.3 Å². The maximum absolute atomic E-state index is 10.6. The average Bonchev–Trinajstić information content (AvgIpc) is 2.37. The van der Waals surface area contributed by atoms with E-state index in [2.05, 4.69) is 9.97 Å². The van der Waals surface area contributed by atoms with Crippen molar-refractivity contribution < 1.29 is 9.66 Å². The number of ether oxygens (including phenoxy) is 1. The van der Waals surface area contributed by atoms with E-state index in [-0.39, 0.29) is 11.1 Å². The summed E-state index contributed by atoms with van der Waals surface area (Å²) in [5.41, 5.74) is 5.49. The Bertz CT molecular complexity index is 663. The van der Waals surface area contributed by atoms with Gasteiger partial charge in [-0.1, -0.05) is 20.8 Å². The number of aromatic nitrogens is 2. The van der Waals surface area contributed by atoms with Crippen LogP contribution in [0.15, 0.2) is 30.3 Å². The monoisotopic (exact) mass is 288 g/mol. The molecule has 0 fully saturated rings. The molecule has 0 unspecified atom stereocenters. The molecule has 2 rings (SSSR count). The van der Waals surface area contributed by atoms with Crippen molar-refractivity contribution in [2.45, 2.75) is 26.2 Å². The number of benzene rings is 1. The maximum atomic E-state index is 10.6. The number of nitro benzene ring substituents is 1. The van der Waals surface area contributed by atoms with Crippen molar-refractivity contribution in [3.05, 3.63) is 46.3 Å². The third-order valence-corrected chi connectivity index (χ3v) is 2.66. The van der Waals surface area contributed by atoms with Gasteiger partial charge in [-0.3, -0.25) is 10.1 Å². The molecule has 1 aromatic heterocycles. The molecule has 1 aromatic carbocycles. The number of rotatable bonds is 3. The molecule has 21 heavy (non-hydrogen) atoms. The van der Waals surface area contributed by atoms with Crippen LogP contribution in [0.2, 0.25) is 0 Å². The highest BCUT2D eigenvalue weighted by atomic mass is 16.6. The molecule has 0 radical (unpaired) electrons. The number of nitrogens with two attached hydrogens (primary N) is 1. The summed E-state index contributed by atoms with van der Waals surface area (Å²) < 4.78 is 5.58. The van der Waals surface area contributed by atoms with E-state index in [1.54, 1.807) is 0 Å². The van der Waals surface area contributed by atoms with Crippen molar-refractivity contribution in [2.24, 2.45) is 0 Å². The smallest absolute Gasteiger partial charge is 0.269 e. The van der Waals surface area contributed by atoms with Crippen LogP contribution in [-0.4, -0.2) is 14.9 Å². The van der Waals surface area contributed by atoms with E-state index in [1.165, 1.54) is 30.3 Å². The quantitative estimate of drug-likeness (QED) is 0.687. The first-order valence-corrected chi connectivity index (χ1v) is 6.33. The second-order valence-electron chi connectivity index (χ2n) is 5.56. The molecule has 2 N–H and O–H groups in total. The summed E-state index contributed by atoms with van der Waals surface area (Å²) in [5.74, 6) is 1.63. The molecule has 0 amide bonds. The summed E-state index contributed by atoms with van der Waals surface area (Å²) >= 11 is 0. The fraction of sp³-hybridized carbons (Fsp3) is 0.286. The lowest BCUT2D eigenvalue weighted by atomic mass is 9.96. The molecule has 0 aliphatic heterocycles. The highest BCUT2D eigenvalue weighted by Crippen LogP contribution is 2.26. The van der Waals surface area contributed by atoms with Crippen LogP contribution in [0.25, 0.3) is 0 Å². The molecule has 0 atom stereocenters. The molecule has 110 valence electrons. The molecular weight excluding hydrogens is 272 g/mol. The zero-order valence-corrected chi connectivity index (χ0v) is 12.0. The Morgan fingerprint density at radius 2 is 1.81 bits per heavy atom. The van der Waals surface area contributed by atoms with Gasteiger partial charge in [0.1, 0.15) is 17.4 Å². The largest absolute Gasteiger partial charge is 0.439 e. The van der Waals surface area contributed by atoms with Crippen LogP contribution >= 0.6 is 0 Å². The Morgan fingerprint density at radius 1 is 1.19 bits per heavy atom. The van der Waals surface area contributed by atoms with Gasteiger partial charge in [0.25, 0.3) is 5.69 Å². The van der Waals surface area contributed by atoms with Crippen molar-refractivity contribution in [1.82, 2.24) is 9.97 Å². The SMILES string of the molecule is CC(C)(C)c1nc(N)cc(Oc2ccc([N+](=O)[O-])cc2)n1. The van der Waals surface area contributed by atoms with Gasteiger partial charge in [0.15, 0.2) is 0 Å². The predicted molar refractivity (Wildman–Crippen MR) is 78.3 cm³/mol. The van der Waals surface area contributed by atoms with E-state index in [4.69, 9.17) is 10.5 Å². The Hall–Kier alpha value is -2.70. The molecular formula is C14H16N4O3. The van der Waals surface area contributed by atoms with Gasteiger partial charge in [0.2, 0.25) is 5.88 Å².